The van der Waals surface area contributed by atoms with E-state index in [1.165, 1.54) is 29.2 Å². The maximum atomic E-state index is 16.3. The smallest absolute Gasteiger partial charge is 0.426 e. The van der Waals surface area contributed by atoms with Crippen molar-refractivity contribution >= 4 is 17.6 Å². The first-order valence-electron chi connectivity index (χ1n) is 14.8. The Morgan fingerprint density at radius 1 is 1.02 bits per heavy atom. The second kappa shape index (κ2) is 11.0. The fourth-order valence-electron chi connectivity index (χ4n) is 7.29. The number of anilines is 1. The van der Waals surface area contributed by atoms with E-state index in [9.17, 15) is 32.3 Å². The number of carbonyl (C=O) groups excluding carboxylic acids is 1. The molecule has 2 fully saturated rings. The number of rotatable bonds is 7. The molecule has 5 rings (SSSR count). The Morgan fingerprint density at radius 3 is 2.26 bits per heavy atom. The van der Waals surface area contributed by atoms with Crippen LogP contribution in [0.25, 0.3) is 0 Å². The zero-order valence-electron chi connectivity index (χ0n) is 24.2. The number of carbonyl (C=O) groups is 2. The second-order valence-corrected chi connectivity index (χ2v) is 12.5. The van der Waals surface area contributed by atoms with Crippen molar-refractivity contribution in [3.63, 3.8) is 0 Å². The van der Waals surface area contributed by atoms with Crippen LogP contribution in [0.3, 0.4) is 0 Å². The molecule has 11 heteroatoms. The van der Waals surface area contributed by atoms with E-state index >= 15 is 8.78 Å². The molecule has 1 N–H and O–H groups in total. The van der Waals surface area contributed by atoms with Gasteiger partial charge in [0.25, 0.3) is 5.91 Å². The molecule has 0 aromatic heterocycles. The van der Waals surface area contributed by atoms with Gasteiger partial charge in [0.15, 0.2) is 5.67 Å². The Morgan fingerprint density at radius 2 is 1.67 bits per heavy atom. The predicted molar refractivity (Wildman–Crippen MR) is 149 cm³/mol. The maximum absolute atomic E-state index is 16.3. The molecule has 3 unspecified atom stereocenters. The van der Waals surface area contributed by atoms with E-state index < -0.39 is 58.1 Å². The van der Waals surface area contributed by atoms with Crippen molar-refractivity contribution in [2.24, 2.45) is 5.92 Å². The lowest BCUT2D eigenvalue weighted by atomic mass is 9.66. The third kappa shape index (κ3) is 5.37. The van der Waals surface area contributed by atoms with Gasteiger partial charge in [-0.15, -0.1) is 0 Å². The first-order chi connectivity index (χ1) is 20.1. The summed E-state index contributed by atoms with van der Waals surface area (Å²) in [6, 6.07) is 9.17. The minimum Gasteiger partial charge on any atom is -0.481 e. The molecule has 3 aliphatic rings. The Labute approximate surface area is 246 Å². The largest absolute Gasteiger partial charge is 0.481 e. The van der Waals surface area contributed by atoms with Gasteiger partial charge in [0.2, 0.25) is 5.67 Å². The van der Waals surface area contributed by atoms with Gasteiger partial charge in [-0.1, -0.05) is 31.2 Å². The lowest BCUT2D eigenvalue weighted by molar-refractivity contribution is -0.228. The molecule has 43 heavy (non-hydrogen) atoms. The number of nitrogens with zero attached hydrogens (tertiary/aromatic N) is 2. The number of carboxylic acid groups (broad SMARTS) is 1. The van der Waals surface area contributed by atoms with E-state index in [0.717, 1.165) is 11.6 Å². The van der Waals surface area contributed by atoms with Gasteiger partial charge in [-0.3, -0.25) is 9.59 Å². The SMILES string of the molecule is CCCN1CC2N(C(=O)C3(F)CCC(C(=O)O)CC3)CCC2(Cc2ccc(F)cc2)c2ccc(C(C)(F)C(F)(F)F)cc21. The fraction of sp³-hybridized carbons (Fsp3) is 0.562. The molecule has 3 atom stereocenters. The number of amides is 1. The first-order valence-corrected chi connectivity index (χ1v) is 14.8. The monoisotopic (exact) mass is 610 g/mol. The number of carboxylic acids is 1. The third-order valence-corrected chi connectivity index (χ3v) is 9.85. The van der Waals surface area contributed by atoms with Crippen LogP contribution in [-0.2, 0) is 27.1 Å². The van der Waals surface area contributed by atoms with E-state index in [-0.39, 0.29) is 38.8 Å². The average molecular weight is 611 g/mol. The molecule has 1 aliphatic carbocycles. The van der Waals surface area contributed by atoms with Crippen LogP contribution in [0.1, 0.15) is 69.1 Å². The normalized spacial score (nSPS) is 28.7. The summed E-state index contributed by atoms with van der Waals surface area (Å²) in [4.78, 5) is 28.7. The van der Waals surface area contributed by atoms with Gasteiger partial charge < -0.3 is 14.9 Å². The minimum absolute atomic E-state index is 0.0472. The maximum Gasteiger partial charge on any atom is 0.426 e. The standard InChI is InChI=1S/C32H36F6N2O3/c1-3-15-39-19-26-30(18-20-4-7-23(33)8-5-20,24-9-6-22(17-25(24)39)29(2,34)32(36,37)38)14-16-40(26)28(43)31(35)12-10-21(11-13-31)27(41)42/h4-9,17,21,26H,3,10-16,18-19H2,1-2H3,(H,41,42). The Hall–Kier alpha value is -3.24. The molecule has 0 bridgehead atoms. The Bertz CT molecular complexity index is 1370. The molecule has 234 valence electrons. The van der Waals surface area contributed by atoms with Crippen molar-refractivity contribution in [3.05, 3.63) is 65.0 Å². The van der Waals surface area contributed by atoms with Crippen LogP contribution in [0.4, 0.5) is 32.0 Å². The summed E-state index contributed by atoms with van der Waals surface area (Å²) in [7, 11) is 0. The van der Waals surface area contributed by atoms with Crippen molar-refractivity contribution < 1.29 is 41.0 Å². The van der Waals surface area contributed by atoms with Crippen LogP contribution in [0.15, 0.2) is 42.5 Å². The predicted octanol–water partition coefficient (Wildman–Crippen LogP) is 6.87. The molecular formula is C32H36F6N2O3. The molecule has 0 radical (unpaired) electrons. The summed E-state index contributed by atoms with van der Waals surface area (Å²) in [6.07, 6.45) is -4.16. The second-order valence-electron chi connectivity index (χ2n) is 12.5. The van der Waals surface area contributed by atoms with Crippen LogP contribution in [0.5, 0.6) is 0 Å². The Balaban J connectivity index is 1.59. The summed E-state index contributed by atoms with van der Waals surface area (Å²) < 4.78 is 86.3. The molecule has 1 amide bonds. The van der Waals surface area contributed by atoms with Crippen molar-refractivity contribution in [1.29, 1.82) is 0 Å². The Kier molecular flexibility index (Phi) is 8.01. The lowest BCUT2D eigenvalue weighted by Gasteiger charge is -2.49. The number of hydrogen-bond acceptors (Lipinski definition) is 3. The molecule has 1 saturated heterocycles. The van der Waals surface area contributed by atoms with Gasteiger partial charge in [-0.2, -0.15) is 13.2 Å². The van der Waals surface area contributed by atoms with Gasteiger partial charge in [0.1, 0.15) is 5.82 Å². The van der Waals surface area contributed by atoms with Crippen LogP contribution >= 0.6 is 0 Å². The highest BCUT2D eigenvalue weighted by Gasteiger charge is 2.59. The van der Waals surface area contributed by atoms with E-state index in [0.29, 0.717) is 44.0 Å². The number of likely N-dealkylation sites (tertiary alicyclic amines) is 1. The van der Waals surface area contributed by atoms with Gasteiger partial charge in [0, 0.05) is 36.3 Å². The van der Waals surface area contributed by atoms with Gasteiger partial charge >= 0.3 is 12.1 Å². The quantitative estimate of drug-likeness (QED) is 0.348. The minimum atomic E-state index is -5.13. The average Bonchev–Trinajstić information content (AvgIpc) is 3.32. The summed E-state index contributed by atoms with van der Waals surface area (Å²) in [6.45, 7) is 3.18. The zero-order chi connectivity index (χ0) is 31.4. The topological polar surface area (TPSA) is 60.9 Å². The molecule has 2 heterocycles. The van der Waals surface area contributed by atoms with Crippen molar-refractivity contribution in [3.8, 4) is 0 Å². The summed E-state index contributed by atoms with van der Waals surface area (Å²) >= 11 is 0. The molecule has 2 aromatic rings. The van der Waals surface area contributed by atoms with E-state index in [1.807, 2.05) is 11.8 Å². The van der Waals surface area contributed by atoms with Crippen LogP contribution in [-0.4, -0.2) is 59.4 Å². The molecule has 5 nitrogen and oxygen atoms in total. The number of halogens is 6. The summed E-state index contributed by atoms with van der Waals surface area (Å²) in [5.41, 5.74) is -5.38. The van der Waals surface area contributed by atoms with Crippen molar-refractivity contribution in [1.82, 2.24) is 4.90 Å². The van der Waals surface area contributed by atoms with Gasteiger partial charge in [-0.25, -0.2) is 13.2 Å². The highest BCUT2D eigenvalue weighted by Crippen LogP contribution is 2.53. The van der Waals surface area contributed by atoms with Gasteiger partial charge in [-0.05, 0) is 81.2 Å². The highest BCUT2D eigenvalue weighted by atomic mass is 19.4. The van der Waals surface area contributed by atoms with Crippen molar-refractivity contribution in [2.45, 2.75) is 87.8 Å². The third-order valence-electron chi connectivity index (χ3n) is 9.85. The number of alkyl halides is 5. The van der Waals surface area contributed by atoms with Crippen LogP contribution in [0, 0.1) is 11.7 Å². The van der Waals surface area contributed by atoms with Crippen LogP contribution in [0.2, 0.25) is 0 Å². The number of fused-ring (bicyclic) bond motifs is 3. The molecule has 0 spiro atoms. The highest BCUT2D eigenvalue weighted by molar-refractivity contribution is 5.87. The van der Waals surface area contributed by atoms with E-state index in [2.05, 4.69) is 0 Å². The lowest BCUT2D eigenvalue weighted by Crippen LogP contribution is -2.59. The van der Waals surface area contributed by atoms with Crippen molar-refractivity contribution in [2.75, 3.05) is 24.5 Å². The van der Waals surface area contributed by atoms with E-state index in [1.54, 1.807) is 12.1 Å². The number of benzene rings is 2. The molecule has 2 aliphatic heterocycles. The molecule has 2 aromatic carbocycles. The summed E-state index contributed by atoms with van der Waals surface area (Å²) in [5, 5.41) is 9.36. The zero-order valence-corrected chi connectivity index (χ0v) is 24.2. The summed E-state index contributed by atoms with van der Waals surface area (Å²) in [5.74, 6) is -2.86. The number of hydrogen-bond donors (Lipinski definition) is 1. The first kappa shape index (κ1) is 31.2. The number of aliphatic carboxylic acids is 1. The van der Waals surface area contributed by atoms with Crippen LogP contribution < -0.4 is 4.90 Å². The van der Waals surface area contributed by atoms with Gasteiger partial charge in [0.05, 0.1) is 12.0 Å². The molecular weight excluding hydrogens is 574 g/mol. The fourth-order valence-corrected chi connectivity index (χ4v) is 7.29. The van der Waals surface area contributed by atoms with E-state index in [4.69, 9.17) is 0 Å². The molecule has 1 saturated carbocycles.